The van der Waals surface area contributed by atoms with Crippen LogP contribution in [0.25, 0.3) is 11.1 Å². The van der Waals surface area contributed by atoms with Crippen molar-refractivity contribution >= 4 is 11.6 Å². The minimum atomic E-state index is 0.272. The van der Waals surface area contributed by atoms with Gasteiger partial charge in [0.2, 0.25) is 0 Å². The lowest BCUT2D eigenvalue weighted by Gasteiger charge is -2.21. The molecule has 0 heterocycles. The van der Waals surface area contributed by atoms with E-state index in [1.54, 1.807) is 0 Å². The topological polar surface area (TPSA) is 20.2 Å². The van der Waals surface area contributed by atoms with Crippen LogP contribution in [0, 0.1) is 0 Å². The van der Waals surface area contributed by atoms with Crippen LogP contribution in [-0.4, -0.2) is 5.11 Å². The Morgan fingerprint density at radius 3 is 1.12 bits per heavy atom. The molecule has 0 spiro atoms. The molecule has 26 heavy (non-hydrogen) atoms. The zero-order valence-corrected chi connectivity index (χ0v) is 18.2. The SMILES string of the molecule is CC(C)c1cc(-c2cc(C(C)C)c(Cl)c(C(C)C)c2)cc(C(C)C)c1O. The summed E-state index contributed by atoms with van der Waals surface area (Å²) in [5, 5.41) is 11.6. The Bertz CT molecular complexity index is 659. The van der Waals surface area contributed by atoms with E-state index >= 15 is 0 Å². The molecular weight excluding hydrogens is 340 g/mol. The molecular formula is C24H33ClO. The van der Waals surface area contributed by atoms with Gasteiger partial charge in [0.25, 0.3) is 0 Å². The molecule has 142 valence electrons. The molecule has 0 radical (unpaired) electrons. The summed E-state index contributed by atoms with van der Waals surface area (Å²) in [6.45, 7) is 17.3. The summed E-state index contributed by atoms with van der Waals surface area (Å²) in [5.41, 5.74) is 6.76. The molecule has 1 nitrogen and oxygen atoms in total. The van der Waals surface area contributed by atoms with E-state index in [-0.39, 0.29) is 11.8 Å². The zero-order chi connectivity index (χ0) is 19.8. The van der Waals surface area contributed by atoms with Gasteiger partial charge in [0.1, 0.15) is 5.75 Å². The fraction of sp³-hybridized carbons (Fsp3) is 0.500. The van der Waals surface area contributed by atoms with E-state index in [2.05, 4.69) is 79.7 Å². The highest BCUT2D eigenvalue weighted by Gasteiger charge is 2.19. The molecule has 0 aliphatic rings. The molecule has 2 aromatic carbocycles. The third kappa shape index (κ3) is 4.09. The van der Waals surface area contributed by atoms with Crippen LogP contribution in [0.5, 0.6) is 5.75 Å². The molecule has 0 saturated heterocycles. The Morgan fingerprint density at radius 2 is 0.846 bits per heavy atom. The first-order valence-electron chi connectivity index (χ1n) is 9.75. The van der Waals surface area contributed by atoms with E-state index in [9.17, 15) is 5.11 Å². The molecule has 2 heteroatoms. The van der Waals surface area contributed by atoms with Gasteiger partial charge in [-0.25, -0.2) is 0 Å². The quantitative estimate of drug-likeness (QED) is 0.560. The van der Waals surface area contributed by atoms with Gasteiger partial charge in [-0.3, -0.25) is 0 Å². The van der Waals surface area contributed by atoms with Crippen LogP contribution in [0.2, 0.25) is 5.02 Å². The molecule has 0 unspecified atom stereocenters. The first-order chi connectivity index (χ1) is 12.0. The third-order valence-electron chi connectivity index (χ3n) is 5.12. The number of phenolic OH excluding ortho intramolecular Hbond substituents is 1. The monoisotopic (exact) mass is 372 g/mol. The van der Waals surface area contributed by atoms with Crippen LogP contribution in [-0.2, 0) is 0 Å². The molecule has 0 aliphatic carbocycles. The van der Waals surface area contributed by atoms with Crippen LogP contribution in [0.3, 0.4) is 0 Å². The van der Waals surface area contributed by atoms with Gasteiger partial charge in [-0.1, -0.05) is 67.0 Å². The number of halogens is 1. The Hall–Kier alpha value is -1.47. The first kappa shape index (κ1) is 20.8. The maximum absolute atomic E-state index is 10.7. The smallest absolute Gasteiger partial charge is 0.122 e. The van der Waals surface area contributed by atoms with Crippen molar-refractivity contribution in [3.8, 4) is 16.9 Å². The van der Waals surface area contributed by atoms with Gasteiger partial charge in [0.15, 0.2) is 0 Å². The Morgan fingerprint density at radius 1 is 0.577 bits per heavy atom. The van der Waals surface area contributed by atoms with Gasteiger partial charge < -0.3 is 5.11 Å². The molecule has 2 rings (SSSR count). The third-order valence-corrected chi connectivity index (χ3v) is 5.56. The average molecular weight is 373 g/mol. The Kier molecular flexibility index (Phi) is 6.45. The first-order valence-corrected chi connectivity index (χ1v) is 10.1. The normalized spacial score (nSPS) is 12.0. The lowest BCUT2D eigenvalue weighted by molar-refractivity contribution is 0.454. The van der Waals surface area contributed by atoms with Crippen molar-refractivity contribution in [3.63, 3.8) is 0 Å². The van der Waals surface area contributed by atoms with Crippen molar-refractivity contribution in [2.24, 2.45) is 0 Å². The van der Waals surface area contributed by atoms with Crippen molar-refractivity contribution < 1.29 is 5.11 Å². The molecule has 0 saturated carbocycles. The molecule has 0 fully saturated rings. The predicted octanol–water partition coefficient (Wildman–Crippen LogP) is 8.21. The molecule has 0 aromatic heterocycles. The maximum atomic E-state index is 10.7. The highest BCUT2D eigenvalue weighted by Crippen LogP contribution is 2.41. The summed E-state index contributed by atoms with van der Waals surface area (Å²) in [7, 11) is 0. The second-order valence-electron chi connectivity index (χ2n) is 8.59. The number of hydrogen-bond donors (Lipinski definition) is 1. The standard InChI is InChI=1S/C24H33ClO/c1-13(2)19-9-17(10-20(14(3)4)23(19)25)18-11-21(15(5)6)24(26)22(12-18)16(7)8/h9-16,26H,1-8H3. The lowest BCUT2D eigenvalue weighted by Crippen LogP contribution is -2.00. The molecule has 0 aliphatic heterocycles. The molecule has 0 amide bonds. The zero-order valence-electron chi connectivity index (χ0n) is 17.4. The fourth-order valence-corrected chi connectivity index (χ4v) is 3.95. The Balaban J connectivity index is 2.79. The number of rotatable bonds is 5. The van der Waals surface area contributed by atoms with Crippen LogP contribution in [0.1, 0.15) is 101 Å². The van der Waals surface area contributed by atoms with E-state index in [1.807, 2.05) is 0 Å². The molecule has 0 bridgehead atoms. The van der Waals surface area contributed by atoms with E-state index < -0.39 is 0 Å². The van der Waals surface area contributed by atoms with Gasteiger partial charge in [-0.2, -0.15) is 0 Å². The Labute approximate surface area is 164 Å². The maximum Gasteiger partial charge on any atom is 0.122 e. The number of aromatic hydroxyl groups is 1. The summed E-state index contributed by atoms with van der Waals surface area (Å²) < 4.78 is 0. The van der Waals surface area contributed by atoms with Gasteiger partial charge in [-0.15, -0.1) is 0 Å². The predicted molar refractivity (Wildman–Crippen MR) is 115 cm³/mol. The van der Waals surface area contributed by atoms with Crippen LogP contribution >= 0.6 is 11.6 Å². The van der Waals surface area contributed by atoms with Crippen LogP contribution in [0.15, 0.2) is 24.3 Å². The molecule has 2 aromatic rings. The van der Waals surface area contributed by atoms with Crippen LogP contribution < -0.4 is 0 Å². The summed E-state index contributed by atoms with van der Waals surface area (Å²) >= 11 is 6.71. The fourth-order valence-electron chi connectivity index (χ4n) is 3.40. The minimum Gasteiger partial charge on any atom is -0.507 e. The number of benzene rings is 2. The van der Waals surface area contributed by atoms with E-state index in [0.29, 0.717) is 17.6 Å². The average Bonchev–Trinajstić information content (AvgIpc) is 2.54. The van der Waals surface area contributed by atoms with Crippen LogP contribution in [0.4, 0.5) is 0 Å². The van der Waals surface area contributed by atoms with E-state index in [4.69, 9.17) is 11.6 Å². The van der Waals surface area contributed by atoms with Crippen molar-refractivity contribution in [3.05, 3.63) is 51.5 Å². The lowest BCUT2D eigenvalue weighted by atomic mass is 9.86. The highest BCUT2D eigenvalue weighted by atomic mass is 35.5. The van der Waals surface area contributed by atoms with Crippen molar-refractivity contribution in [1.29, 1.82) is 0 Å². The second-order valence-corrected chi connectivity index (χ2v) is 8.97. The molecule has 1 N–H and O–H groups in total. The highest BCUT2D eigenvalue weighted by molar-refractivity contribution is 6.32. The summed E-state index contributed by atoms with van der Waals surface area (Å²) in [6, 6.07) is 8.73. The summed E-state index contributed by atoms with van der Waals surface area (Å²) in [5.74, 6) is 1.72. The number of phenols is 1. The van der Waals surface area contributed by atoms with Crippen molar-refractivity contribution in [2.75, 3.05) is 0 Å². The second kappa shape index (κ2) is 8.05. The minimum absolute atomic E-state index is 0.272. The van der Waals surface area contributed by atoms with Gasteiger partial charge in [0.05, 0.1) is 0 Å². The molecule has 0 atom stereocenters. The van der Waals surface area contributed by atoms with Crippen molar-refractivity contribution in [2.45, 2.75) is 79.1 Å². The van der Waals surface area contributed by atoms with Gasteiger partial charge in [0, 0.05) is 5.02 Å². The van der Waals surface area contributed by atoms with Gasteiger partial charge in [-0.05, 0) is 81.3 Å². The van der Waals surface area contributed by atoms with Crippen molar-refractivity contribution in [1.82, 2.24) is 0 Å². The number of hydrogen-bond acceptors (Lipinski definition) is 1. The summed E-state index contributed by atoms with van der Waals surface area (Å²) in [4.78, 5) is 0. The van der Waals surface area contributed by atoms with E-state index in [0.717, 1.165) is 21.7 Å². The summed E-state index contributed by atoms with van der Waals surface area (Å²) in [6.07, 6.45) is 0. The van der Waals surface area contributed by atoms with E-state index in [1.165, 1.54) is 16.7 Å². The largest absolute Gasteiger partial charge is 0.507 e. The van der Waals surface area contributed by atoms with Gasteiger partial charge >= 0.3 is 0 Å².